The lowest BCUT2D eigenvalue weighted by atomic mass is 9.96. The molecular formula is C19H27NO3. The van der Waals surface area contributed by atoms with Crippen molar-refractivity contribution in [2.45, 2.75) is 51.7 Å². The number of likely N-dealkylation sites (tertiary alicyclic amines) is 1. The molecule has 0 saturated carbocycles. The Kier molecular flexibility index (Phi) is 5.34. The highest BCUT2D eigenvalue weighted by molar-refractivity contribution is 5.78. The molecule has 0 aromatic heterocycles. The molecule has 1 aromatic carbocycles. The van der Waals surface area contributed by atoms with Crippen molar-refractivity contribution < 1.29 is 14.3 Å². The van der Waals surface area contributed by atoms with Crippen LogP contribution in [0.15, 0.2) is 18.2 Å². The summed E-state index contributed by atoms with van der Waals surface area (Å²) >= 11 is 0. The summed E-state index contributed by atoms with van der Waals surface area (Å²) in [6, 6.07) is 6.58. The quantitative estimate of drug-likeness (QED) is 0.837. The molecule has 4 heteroatoms. The number of carbonyl (C=O) groups is 1. The van der Waals surface area contributed by atoms with Gasteiger partial charge in [-0.15, -0.1) is 0 Å². The average Bonchev–Trinajstić information content (AvgIpc) is 3.21. The normalized spacial score (nSPS) is 24.3. The number of amides is 1. The molecule has 1 amide bonds. The minimum Gasteiger partial charge on any atom is -0.376 e. The van der Waals surface area contributed by atoms with Gasteiger partial charge in [0.25, 0.3) is 0 Å². The van der Waals surface area contributed by atoms with E-state index in [0.29, 0.717) is 6.61 Å². The molecule has 0 bridgehead atoms. The van der Waals surface area contributed by atoms with Gasteiger partial charge in [0.1, 0.15) is 6.61 Å². The highest BCUT2D eigenvalue weighted by Gasteiger charge is 2.31. The zero-order chi connectivity index (χ0) is 16.2. The molecule has 2 aliphatic rings. The second-order valence-electron chi connectivity index (χ2n) is 6.68. The minimum atomic E-state index is 0.103. The van der Waals surface area contributed by atoms with Crippen molar-refractivity contribution in [3.05, 3.63) is 34.9 Å². The number of rotatable bonds is 5. The summed E-state index contributed by atoms with van der Waals surface area (Å²) < 4.78 is 11.1. The van der Waals surface area contributed by atoms with Crippen LogP contribution in [0.3, 0.4) is 0 Å². The van der Waals surface area contributed by atoms with Gasteiger partial charge in [0.15, 0.2) is 0 Å². The summed E-state index contributed by atoms with van der Waals surface area (Å²) in [5.74, 6) is 0.103. The zero-order valence-corrected chi connectivity index (χ0v) is 14.2. The lowest BCUT2D eigenvalue weighted by molar-refractivity contribution is -0.138. The molecule has 23 heavy (non-hydrogen) atoms. The monoisotopic (exact) mass is 317 g/mol. The lowest BCUT2D eigenvalue weighted by Crippen LogP contribution is -2.34. The fraction of sp³-hybridized carbons (Fsp3) is 0.632. The SMILES string of the molecule is Cc1cccc([C@H]2CCCN2C(=O)COC[C@@H]2CCCO2)c1C. The van der Waals surface area contributed by atoms with Gasteiger partial charge in [0.2, 0.25) is 5.91 Å². The first-order valence-electron chi connectivity index (χ1n) is 8.71. The second kappa shape index (κ2) is 7.45. The number of benzene rings is 1. The van der Waals surface area contributed by atoms with Gasteiger partial charge < -0.3 is 14.4 Å². The van der Waals surface area contributed by atoms with Crippen LogP contribution in [0.2, 0.25) is 0 Å². The van der Waals surface area contributed by atoms with Crippen LogP contribution in [0.4, 0.5) is 0 Å². The largest absolute Gasteiger partial charge is 0.376 e. The van der Waals surface area contributed by atoms with Crippen molar-refractivity contribution in [3.63, 3.8) is 0 Å². The molecule has 0 aliphatic carbocycles. The molecule has 0 radical (unpaired) electrons. The number of nitrogens with zero attached hydrogens (tertiary/aromatic N) is 1. The molecule has 2 aliphatic heterocycles. The van der Waals surface area contributed by atoms with Crippen LogP contribution >= 0.6 is 0 Å². The minimum absolute atomic E-state index is 0.103. The Morgan fingerprint density at radius 3 is 2.96 bits per heavy atom. The van der Waals surface area contributed by atoms with Gasteiger partial charge in [0, 0.05) is 13.2 Å². The van der Waals surface area contributed by atoms with Gasteiger partial charge in [0.05, 0.1) is 18.8 Å². The van der Waals surface area contributed by atoms with Gasteiger partial charge in [-0.05, 0) is 56.2 Å². The summed E-state index contributed by atoms with van der Waals surface area (Å²) in [6.45, 7) is 6.64. The smallest absolute Gasteiger partial charge is 0.249 e. The molecule has 0 unspecified atom stereocenters. The standard InChI is InChI=1S/C19H27NO3/c1-14-6-3-8-17(15(14)2)18-9-4-10-20(18)19(21)13-22-12-16-7-5-11-23-16/h3,6,8,16,18H,4-5,7,9-13H2,1-2H3/t16-,18+/m0/s1. The van der Waals surface area contributed by atoms with Crippen molar-refractivity contribution in [1.82, 2.24) is 4.90 Å². The number of aryl methyl sites for hydroxylation is 1. The van der Waals surface area contributed by atoms with Crippen LogP contribution < -0.4 is 0 Å². The van der Waals surface area contributed by atoms with Crippen molar-refractivity contribution >= 4 is 5.91 Å². The second-order valence-corrected chi connectivity index (χ2v) is 6.68. The van der Waals surface area contributed by atoms with Gasteiger partial charge in [-0.1, -0.05) is 18.2 Å². The molecular weight excluding hydrogens is 290 g/mol. The summed E-state index contributed by atoms with van der Waals surface area (Å²) in [5.41, 5.74) is 3.88. The molecule has 2 saturated heterocycles. The molecule has 0 spiro atoms. The van der Waals surface area contributed by atoms with E-state index in [0.717, 1.165) is 38.8 Å². The maximum Gasteiger partial charge on any atom is 0.249 e. The Bertz CT molecular complexity index is 552. The van der Waals surface area contributed by atoms with Crippen LogP contribution in [-0.4, -0.2) is 43.3 Å². The van der Waals surface area contributed by atoms with E-state index < -0.39 is 0 Å². The van der Waals surface area contributed by atoms with Gasteiger partial charge in [-0.2, -0.15) is 0 Å². The summed E-state index contributed by atoms with van der Waals surface area (Å²) in [5, 5.41) is 0. The van der Waals surface area contributed by atoms with E-state index in [4.69, 9.17) is 9.47 Å². The number of carbonyl (C=O) groups excluding carboxylic acids is 1. The Morgan fingerprint density at radius 1 is 1.30 bits per heavy atom. The van der Waals surface area contributed by atoms with Gasteiger partial charge >= 0.3 is 0 Å². The Balaban J connectivity index is 1.59. The molecule has 2 atom stereocenters. The molecule has 2 fully saturated rings. The topological polar surface area (TPSA) is 38.8 Å². The van der Waals surface area contributed by atoms with E-state index in [2.05, 4.69) is 32.0 Å². The van der Waals surface area contributed by atoms with E-state index in [1.807, 2.05) is 4.90 Å². The van der Waals surface area contributed by atoms with E-state index in [1.54, 1.807) is 0 Å². The van der Waals surface area contributed by atoms with E-state index >= 15 is 0 Å². The van der Waals surface area contributed by atoms with Crippen LogP contribution in [-0.2, 0) is 14.3 Å². The third-order valence-corrected chi connectivity index (χ3v) is 5.13. The third kappa shape index (κ3) is 3.75. The Morgan fingerprint density at radius 2 is 2.17 bits per heavy atom. The van der Waals surface area contributed by atoms with Crippen molar-refractivity contribution in [2.75, 3.05) is 26.4 Å². The van der Waals surface area contributed by atoms with E-state index in [1.165, 1.54) is 16.7 Å². The first-order valence-corrected chi connectivity index (χ1v) is 8.71. The number of ether oxygens (including phenoxy) is 2. The van der Waals surface area contributed by atoms with Crippen molar-refractivity contribution in [1.29, 1.82) is 0 Å². The van der Waals surface area contributed by atoms with E-state index in [-0.39, 0.29) is 24.7 Å². The van der Waals surface area contributed by atoms with Crippen LogP contribution in [0.1, 0.15) is 48.4 Å². The summed E-state index contributed by atoms with van der Waals surface area (Å²) in [4.78, 5) is 14.6. The fourth-order valence-electron chi connectivity index (χ4n) is 3.66. The first-order chi connectivity index (χ1) is 11.2. The maximum absolute atomic E-state index is 12.6. The van der Waals surface area contributed by atoms with Crippen LogP contribution in [0.5, 0.6) is 0 Å². The van der Waals surface area contributed by atoms with Gasteiger partial charge in [-0.3, -0.25) is 4.79 Å². The van der Waals surface area contributed by atoms with Crippen LogP contribution in [0.25, 0.3) is 0 Å². The molecule has 0 N–H and O–H groups in total. The number of hydrogen-bond donors (Lipinski definition) is 0. The molecule has 2 heterocycles. The summed E-state index contributed by atoms with van der Waals surface area (Å²) in [7, 11) is 0. The Hall–Kier alpha value is -1.39. The van der Waals surface area contributed by atoms with Crippen LogP contribution in [0, 0.1) is 13.8 Å². The molecule has 4 nitrogen and oxygen atoms in total. The van der Waals surface area contributed by atoms with Crippen molar-refractivity contribution in [3.8, 4) is 0 Å². The third-order valence-electron chi connectivity index (χ3n) is 5.13. The van der Waals surface area contributed by atoms with Crippen molar-refractivity contribution in [2.24, 2.45) is 0 Å². The van der Waals surface area contributed by atoms with Gasteiger partial charge in [-0.25, -0.2) is 0 Å². The Labute approximate surface area is 138 Å². The predicted molar refractivity (Wildman–Crippen MR) is 89.4 cm³/mol. The predicted octanol–water partition coefficient (Wildman–Crippen LogP) is 3.16. The zero-order valence-electron chi connectivity index (χ0n) is 14.2. The highest BCUT2D eigenvalue weighted by Crippen LogP contribution is 2.34. The fourth-order valence-corrected chi connectivity index (χ4v) is 3.66. The molecule has 3 rings (SSSR count). The average molecular weight is 317 g/mol. The summed E-state index contributed by atoms with van der Waals surface area (Å²) in [6.07, 6.45) is 4.43. The molecule has 126 valence electrons. The highest BCUT2D eigenvalue weighted by atomic mass is 16.5. The van der Waals surface area contributed by atoms with E-state index in [9.17, 15) is 4.79 Å². The molecule has 1 aromatic rings. The maximum atomic E-state index is 12.6. The first kappa shape index (κ1) is 16.5. The lowest BCUT2D eigenvalue weighted by Gasteiger charge is -2.27. The number of hydrogen-bond acceptors (Lipinski definition) is 3.